The quantitative estimate of drug-likeness (QED) is 0.657. The lowest BCUT2D eigenvalue weighted by molar-refractivity contribution is -0.148. The number of hydrogen-bond acceptors (Lipinski definition) is 2. The summed E-state index contributed by atoms with van der Waals surface area (Å²) < 4.78 is 0. The molecule has 3 nitrogen and oxygen atoms in total. The van der Waals surface area contributed by atoms with E-state index in [2.05, 4.69) is 5.32 Å². The summed E-state index contributed by atoms with van der Waals surface area (Å²) in [5, 5.41) is 12.1. The van der Waals surface area contributed by atoms with Crippen molar-refractivity contribution < 1.29 is 9.90 Å². The number of carboxylic acid groups (broad SMARTS) is 1. The molecule has 0 aromatic rings. The maximum Gasteiger partial charge on any atom is 0.324 e. The van der Waals surface area contributed by atoms with E-state index in [1.54, 1.807) is 7.05 Å². The highest BCUT2D eigenvalue weighted by atomic mass is 16.4. The standard InChI is InChI=1S/C9H17NO2/c1-7-5-3-4-6-9(7,10-2)8(11)12/h7,10H,3-6H2,1-2H3,(H,11,12)/t7-,9?/m1/s1. The smallest absolute Gasteiger partial charge is 0.324 e. The van der Waals surface area contributed by atoms with Gasteiger partial charge in [-0.2, -0.15) is 0 Å². The van der Waals surface area contributed by atoms with Crippen LogP contribution in [0.1, 0.15) is 32.6 Å². The van der Waals surface area contributed by atoms with E-state index in [0.717, 1.165) is 25.7 Å². The Morgan fingerprint density at radius 3 is 2.58 bits per heavy atom. The molecule has 0 aromatic carbocycles. The van der Waals surface area contributed by atoms with Gasteiger partial charge in [0, 0.05) is 0 Å². The van der Waals surface area contributed by atoms with Gasteiger partial charge in [0.15, 0.2) is 0 Å². The number of hydrogen-bond donors (Lipinski definition) is 2. The minimum atomic E-state index is -0.697. The Morgan fingerprint density at radius 2 is 2.25 bits per heavy atom. The van der Waals surface area contributed by atoms with Gasteiger partial charge in [0.1, 0.15) is 5.54 Å². The second-order valence-corrected chi connectivity index (χ2v) is 3.67. The van der Waals surface area contributed by atoms with Crippen molar-refractivity contribution in [2.24, 2.45) is 5.92 Å². The van der Waals surface area contributed by atoms with Crippen LogP contribution < -0.4 is 5.32 Å². The third-order valence-corrected chi connectivity index (χ3v) is 3.13. The van der Waals surface area contributed by atoms with Crippen LogP contribution in [0.5, 0.6) is 0 Å². The fourth-order valence-corrected chi connectivity index (χ4v) is 2.14. The summed E-state index contributed by atoms with van der Waals surface area (Å²) in [4.78, 5) is 11.1. The number of likely N-dealkylation sites (N-methyl/N-ethyl adjacent to an activating group) is 1. The van der Waals surface area contributed by atoms with Crippen molar-refractivity contribution in [3.8, 4) is 0 Å². The monoisotopic (exact) mass is 171 g/mol. The molecule has 0 heterocycles. The molecule has 0 saturated heterocycles. The Labute approximate surface area is 73.2 Å². The normalized spacial score (nSPS) is 36.3. The lowest BCUT2D eigenvalue weighted by atomic mass is 9.74. The zero-order valence-electron chi connectivity index (χ0n) is 7.76. The molecule has 0 bridgehead atoms. The number of nitrogens with one attached hydrogen (secondary N) is 1. The average Bonchev–Trinajstić information content (AvgIpc) is 2.05. The molecule has 2 N–H and O–H groups in total. The van der Waals surface area contributed by atoms with Gasteiger partial charge in [-0.05, 0) is 25.8 Å². The SMILES string of the molecule is CNC1(C(=O)O)CCCC[C@H]1C. The average molecular weight is 171 g/mol. The molecule has 2 atom stereocenters. The van der Waals surface area contributed by atoms with Crippen LogP contribution >= 0.6 is 0 Å². The van der Waals surface area contributed by atoms with Gasteiger partial charge >= 0.3 is 5.97 Å². The Balaban J connectivity index is 2.81. The lowest BCUT2D eigenvalue weighted by Crippen LogP contribution is -2.56. The number of aliphatic carboxylic acids is 1. The van der Waals surface area contributed by atoms with Gasteiger partial charge in [-0.25, -0.2) is 0 Å². The molecule has 0 spiro atoms. The molecule has 1 unspecified atom stereocenters. The van der Waals surface area contributed by atoms with Crippen LogP contribution in [0.25, 0.3) is 0 Å². The van der Waals surface area contributed by atoms with Crippen LogP contribution in [0.4, 0.5) is 0 Å². The van der Waals surface area contributed by atoms with Gasteiger partial charge in [-0.15, -0.1) is 0 Å². The highest BCUT2D eigenvalue weighted by Crippen LogP contribution is 2.33. The molecule has 0 radical (unpaired) electrons. The fourth-order valence-electron chi connectivity index (χ4n) is 2.14. The van der Waals surface area contributed by atoms with E-state index in [1.807, 2.05) is 6.92 Å². The Bertz CT molecular complexity index is 181. The van der Waals surface area contributed by atoms with Gasteiger partial charge < -0.3 is 10.4 Å². The Morgan fingerprint density at radius 1 is 1.58 bits per heavy atom. The largest absolute Gasteiger partial charge is 0.480 e. The minimum absolute atomic E-state index is 0.244. The molecule has 70 valence electrons. The molecule has 1 rings (SSSR count). The molecule has 1 aliphatic carbocycles. The first-order valence-corrected chi connectivity index (χ1v) is 4.56. The first-order chi connectivity index (χ1) is 5.63. The van der Waals surface area contributed by atoms with Crippen molar-refractivity contribution in [2.75, 3.05) is 7.05 Å². The van der Waals surface area contributed by atoms with E-state index < -0.39 is 11.5 Å². The van der Waals surface area contributed by atoms with Gasteiger partial charge in [-0.3, -0.25) is 4.79 Å². The van der Waals surface area contributed by atoms with Gasteiger partial charge in [-0.1, -0.05) is 19.8 Å². The number of rotatable bonds is 2. The third-order valence-electron chi connectivity index (χ3n) is 3.13. The minimum Gasteiger partial charge on any atom is -0.480 e. The molecule has 3 heteroatoms. The third kappa shape index (κ3) is 1.33. The summed E-state index contributed by atoms with van der Waals surface area (Å²) in [6.45, 7) is 2.02. The first-order valence-electron chi connectivity index (χ1n) is 4.56. The van der Waals surface area contributed by atoms with Crippen LogP contribution in [-0.4, -0.2) is 23.7 Å². The molecular weight excluding hydrogens is 154 g/mol. The van der Waals surface area contributed by atoms with Gasteiger partial charge in [0.05, 0.1) is 0 Å². The van der Waals surface area contributed by atoms with Crippen LogP contribution in [-0.2, 0) is 4.79 Å². The second-order valence-electron chi connectivity index (χ2n) is 3.67. The van der Waals surface area contributed by atoms with E-state index in [0.29, 0.717) is 0 Å². The van der Waals surface area contributed by atoms with E-state index in [9.17, 15) is 4.79 Å². The number of carboxylic acids is 1. The molecule has 0 aromatic heterocycles. The van der Waals surface area contributed by atoms with Crippen LogP contribution in [0, 0.1) is 5.92 Å². The molecule has 0 amide bonds. The van der Waals surface area contributed by atoms with Crippen LogP contribution in [0.2, 0.25) is 0 Å². The number of carbonyl (C=O) groups is 1. The lowest BCUT2D eigenvalue weighted by Gasteiger charge is -2.38. The zero-order valence-corrected chi connectivity index (χ0v) is 7.76. The van der Waals surface area contributed by atoms with Gasteiger partial charge in [0.25, 0.3) is 0 Å². The van der Waals surface area contributed by atoms with Crippen molar-refractivity contribution in [3.05, 3.63) is 0 Å². The van der Waals surface area contributed by atoms with Crippen molar-refractivity contribution in [2.45, 2.75) is 38.1 Å². The van der Waals surface area contributed by atoms with E-state index in [-0.39, 0.29) is 5.92 Å². The highest BCUT2D eigenvalue weighted by Gasteiger charge is 2.43. The van der Waals surface area contributed by atoms with Gasteiger partial charge in [0.2, 0.25) is 0 Å². The Kier molecular flexibility index (Phi) is 2.73. The summed E-state index contributed by atoms with van der Waals surface area (Å²) >= 11 is 0. The predicted octanol–water partition coefficient (Wildman–Crippen LogP) is 1.24. The summed E-state index contributed by atoms with van der Waals surface area (Å²) in [5.74, 6) is -0.453. The summed E-state index contributed by atoms with van der Waals surface area (Å²) in [7, 11) is 1.75. The van der Waals surface area contributed by atoms with E-state index in [4.69, 9.17) is 5.11 Å². The summed E-state index contributed by atoms with van der Waals surface area (Å²) in [5.41, 5.74) is -0.655. The maximum absolute atomic E-state index is 11.1. The first kappa shape index (κ1) is 9.52. The summed E-state index contributed by atoms with van der Waals surface area (Å²) in [6.07, 6.45) is 3.97. The van der Waals surface area contributed by atoms with Crippen molar-refractivity contribution in [1.29, 1.82) is 0 Å². The molecule has 1 fully saturated rings. The maximum atomic E-state index is 11.1. The fraction of sp³-hybridized carbons (Fsp3) is 0.889. The highest BCUT2D eigenvalue weighted by molar-refractivity contribution is 5.79. The summed E-state index contributed by atoms with van der Waals surface area (Å²) in [6, 6.07) is 0. The molecule has 1 saturated carbocycles. The second kappa shape index (κ2) is 3.44. The predicted molar refractivity (Wildman–Crippen MR) is 47.1 cm³/mol. The molecule has 1 aliphatic rings. The Hall–Kier alpha value is -0.570. The van der Waals surface area contributed by atoms with Crippen molar-refractivity contribution >= 4 is 5.97 Å². The van der Waals surface area contributed by atoms with Crippen LogP contribution in [0.3, 0.4) is 0 Å². The van der Waals surface area contributed by atoms with E-state index >= 15 is 0 Å². The van der Waals surface area contributed by atoms with Crippen LogP contribution in [0.15, 0.2) is 0 Å². The van der Waals surface area contributed by atoms with Crippen molar-refractivity contribution in [1.82, 2.24) is 5.32 Å². The zero-order chi connectivity index (χ0) is 9.19. The molecule has 0 aliphatic heterocycles. The topological polar surface area (TPSA) is 49.3 Å². The van der Waals surface area contributed by atoms with Crippen molar-refractivity contribution in [3.63, 3.8) is 0 Å². The molecule has 12 heavy (non-hydrogen) atoms. The molecular formula is C9H17NO2. The van der Waals surface area contributed by atoms with E-state index in [1.165, 1.54) is 0 Å².